The molecule has 1 heterocycles. The van der Waals surface area contributed by atoms with E-state index in [1.54, 1.807) is 56.6 Å². The average Bonchev–Trinajstić information content (AvgIpc) is 3.11. The number of carbonyl (C=O) groups is 2. The number of aryl methyl sites for hydroxylation is 1. The van der Waals surface area contributed by atoms with Crippen LogP contribution >= 0.6 is 0 Å². The van der Waals surface area contributed by atoms with E-state index in [1.807, 2.05) is 24.3 Å². The van der Waals surface area contributed by atoms with Gasteiger partial charge in [-0.2, -0.15) is 0 Å². The fourth-order valence-corrected chi connectivity index (χ4v) is 3.38. The molecule has 0 unspecified atom stereocenters. The Morgan fingerprint density at radius 3 is 2.36 bits per heavy atom. The molecule has 0 radical (unpaired) electrons. The average molecular weight is 445 g/mol. The molecule has 168 valence electrons. The van der Waals surface area contributed by atoms with Gasteiger partial charge in [0.1, 0.15) is 5.75 Å². The van der Waals surface area contributed by atoms with Crippen molar-refractivity contribution < 1.29 is 18.7 Å². The van der Waals surface area contributed by atoms with Crippen molar-refractivity contribution in [1.29, 1.82) is 0 Å². The molecule has 0 atom stereocenters. The summed E-state index contributed by atoms with van der Waals surface area (Å²) in [5, 5.41) is 5.67. The Morgan fingerprint density at radius 2 is 1.67 bits per heavy atom. The lowest BCUT2D eigenvalue weighted by atomic mass is 10.1. The van der Waals surface area contributed by atoms with E-state index in [-0.39, 0.29) is 18.2 Å². The molecule has 0 aliphatic carbocycles. The van der Waals surface area contributed by atoms with E-state index in [1.165, 1.54) is 4.57 Å². The number of aromatic nitrogens is 1. The molecule has 8 heteroatoms. The Hall–Kier alpha value is -4.33. The standard InChI is InChI=1S/C25H23N3O5/c1-28-21-12-9-19(14-22(21)33-25(28)31)27-24(30)18-7-3-17(4-8-18)15-26-23(29)13-16-5-10-20(32-2)11-6-16/h3-12,14H,13,15H2,1-2H3,(H,26,29)(H,27,30). The van der Waals surface area contributed by atoms with Crippen LogP contribution in [0.2, 0.25) is 0 Å². The van der Waals surface area contributed by atoms with Crippen molar-refractivity contribution in [1.82, 2.24) is 9.88 Å². The summed E-state index contributed by atoms with van der Waals surface area (Å²) in [6.07, 6.45) is 0.274. The van der Waals surface area contributed by atoms with Crippen molar-refractivity contribution in [2.75, 3.05) is 12.4 Å². The molecule has 4 rings (SSSR count). The van der Waals surface area contributed by atoms with Crippen molar-refractivity contribution in [2.24, 2.45) is 7.05 Å². The number of nitrogens with one attached hydrogen (secondary N) is 2. The van der Waals surface area contributed by atoms with Crippen LogP contribution in [0.1, 0.15) is 21.5 Å². The van der Waals surface area contributed by atoms with Gasteiger partial charge in [0.2, 0.25) is 5.91 Å². The van der Waals surface area contributed by atoms with Crippen LogP contribution in [-0.4, -0.2) is 23.5 Å². The first-order chi connectivity index (χ1) is 15.9. The number of rotatable bonds is 7. The van der Waals surface area contributed by atoms with Gasteiger partial charge in [-0.1, -0.05) is 24.3 Å². The minimum absolute atomic E-state index is 0.0926. The van der Waals surface area contributed by atoms with Crippen LogP contribution in [0.5, 0.6) is 5.75 Å². The van der Waals surface area contributed by atoms with E-state index in [4.69, 9.17) is 9.15 Å². The summed E-state index contributed by atoms with van der Waals surface area (Å²) in [5.74, 6) is -0.0942. The van der Waals surface area contributed by atoms with Gasteiger partial charge < -0.3 is 19.8 Å². The third kappa shape index (κ3) is 5.12. The highest BCUT2D eigenvalue weighted by atomic mass is 16.5. The lowest BCUT2D eigenvalue weighted by molar-refractivity contribution is -0.120. The summed E-state index contributed by atoms with van der Waals surface area (Å²) >= 11 is 0. The van der Waals surface area contributed by atoms with Gasteiger partial charge in [-0.05, 0) is 47.5 Å². The van der Waals surface area contributed by atoms with Gasteiger partial charge in [-0.3, -0.25) is 14.2 Å². The molecule has 0 spiro atoms. The van der Waals surface area contributed by atoms with E-state index in [2.05, 4.69) is 10.6 Å². The largest absolute Gasteiger partial charge is 0.497 e. The number of hydrogen-bond acceptors (Lipinski definition) is 5. The molecule has 33 heavy (non-hydrogen) atoms. The highest BCUT2D eigenvalue weighted by Crippen LogP contribution is 2.19. The maximum atomic E-state index is 12.6. The van der Waals surface area contributed by atoms with Gasteiger partial charge in [0.25, 0.3) is 5.91 Å². The van der Waals surface area contributed by atoms with E-state index < -0.39 is 5.76 Å². The highest BCUT2D eigenvalue weighted by Gasteiger charge is 2.10. The maximum Gasteiger partial charge on any atom is 0.419 e. The van der Waals surface area contributed by atoms with Crippen molar-refractivity contribution >= 4 is 28.6 Å². The van der Waals surface area contributed by atoms with Gasteiger partial charge >= 0.3 is 5.76 Å². The fraction of sp³-hybridized carbons (Fsp3) is 0.160. The van der Waals surface area contributed by atoms with Gasteiger partial charge in [-0.15, -0.1) is 0 Å². The third-order valence-electron chi connectivity index (χ3n) is 5.28. The molecule has 0 bridgehead atoms. The molecule has 2 amide bonds. The second kappa shape index (κ2) is 9.44. The number of hydrogen-bond donors (Lipinski definition) is 2. The van der Waals surface area contributed by atoms with Crippen LogP contribution in [0.15, 0.2) is 75.9 Å². The summed E-state index contributed by atoms with van der Waals surface area (Å²) in [7, 11) is 3.22. The van der Waals surface area contributed by atoms with E-state index in [9.17, 15) is 14.4 Å². The first-order valence-electron chi connectivity index (χ1n) is 10.3. The minimum atomic E-state index is -0.458. The molecule has 0 aliphatic heterocycles. The number of methoxy groups -OCH3 is 1. The lowest BCUT2D eigenvalue weighted by Crippen LogP contribution is -2.24. The lowest BCUT2D eigenvalue weighted by Gasteiger charge is -2.08. The second-order valence-electron chi connectivity index (χ2n) is 7.56. The predicted molar refractivity (Wildman–Crippen MR) is 124 cm³/mol. The minimum Gasteiger partial charge on any atom is -0.497 e. The summed E-state index contributed by atoms with van der Waals surface area (Å²) in [6, 6.07) is 19.4. The first kappa shape index (κ1) is 21.9. The number of fused-ring (bicyclic) bond motifs is 1. The van der Waals surface area contributed by atoms with Crippen LogP contribution in [0.25, 0.3) is 11.1 Å². The Bertz CT molecular complexity index is 1350. The molecule has 1 aromatic heterocycles. The monoisotopic (exact) mass is 445 g/mol. The number of amides is 2. The zero-order chi connectivity index (χ0) is 23.4. The zero-order valence-electron chi connectivity index (χ0n) is 18.3. The van der Waals surface area contributed by atoms with Crippen LogP contribution in [-0.2, 0) is 24.8 Å². The molecule has 3 aromatic carbocycles. The Labute approximate surface area is 189 Å². The number of benzene rings is 3. The molecule has 4 aromatic rings. The molecule has 0 saturated carbocycles. The Morgan fingerprint density at radius 1 is 0.970 bits per heavy atom. The van der Waals surface area contributed by atoms with Crippen LogP contribution in [0, 0.1) is 0 Å². The molecular formula is C25H23N3O5. The third-order valence-corrected chi connectivity index (χ3v) is 5.28. The smallest absolute Gasteiger partial charge is 0.419 e. The number of nitrogens with zero attached hydrogens (tertiary/aromatic N) is 1. The van der Waals surface area contributed by atoms with Gasteiger partial charge in [0.05, 0.1) is 19.0 Å². The SMILES string of the molecule is COc1ccc(CC(=O)NCc2ccc(C(=O)Nc3ccc4c(c3)oc(=O)n4C)cc2)cc1. The number of oxazole rings is 1. The molecule has 0 saturated heterocycles. The molecule has 0 aliphatic rings. The van der Waals surface area contributed by atoms with Crippen LogP contribution in [0.4, 0.5) is 5.69 Å². The highest BCUT2D eigenvalue weighted by molar-refractivity contribution is 6.04. The molecule has 0 fully saturated rings. The van der Waals surface area contributed by atoms with Crippen molar-refractivity contribution in [2.45, 2.75) is 13.0 Å². The Balaban J connectivity index is 1.32. The van der Waals surface area contributed by atoms with Crippen LogP contribution in [0.3, 0.4) is 0 Å². The quantitative estimate of drug-likeness (QED) is 0.455. The van der Waals surface area contributed by atoms with Gasteiger partial charge in [-0.25, -0.2) is 4.79 Å². The van der Waals surface area contributed by atoms with E-state index in [0.29, 0.717) is 28.9 Å². The molecule has 2 N–H and O–H groups in total. The first-order valence-corrected chi connectivity index (χ1v) is 10.3. The molecule has 8 nitrogen and oxygen atoms in total. The number of carbonyl (C=O) groups excluding carboxylic acids is 2. The number of ether oxygens (including phenoxy) is 1. The van der Waals surface area contributed by atoms with E-state index in [0.717, 1.165) is 16.9 Å². The fourth-order valence-electron chi connectivity index (χ4n) is 3.38. The Kier molecular flexibility index (Phi) is 6.26. The van der Waals surface area contributed by atoms with Gasteiger partial charge in [0.15, 0.2) is 5.58 Å². The van der Waals surface area contributed by atoms with Crippen LogP contribution < -0.4 is 21.1 Å². The topological polar surface area (TPSA) is 103 Å². The molecular weight excluding hydrogens is 422 g/mol. The normalized spacial score (nSPS) is 10.7. The second-order valence-corrected chi connectivity index (χ2v) is 7.56. The summed E-state index contributed by atoms with van der Waals surface area (Å²) in [4.78, 5) is 36.4. The summed E-state index contributed by atoms with van der Waals surface area (Å²) in [5.41, 5.74) is 3.82. The summed E-state index contributed by atoms with van der Waals surface area (Å²) < 4.78 is 11.7. The predicted octanol–water partition coefficient (Wildman–Crippen LogP) is 3.25. The van der Waals surface area contributed by atoms with Crippen molar-refractivity contribution in [3.8, 4) is 5.75 Å². The van der Waals surface area contributed by atoms with E-state index >= 15 is 0 Å². The zero-order valence-corrected chi connectivity index (χ0v) is 18.3. The summed E-state index contributed by atoms with van der Waals surface area (Å²) in [6.45, 7) is 0.362. The van der Waals surface area contributed by atoms with Gasteiger partial charge in [0, 0.05) is 30.9 Å². The maximum absolute atomic E-state index is 12.6. The van der Waals surface area contributed by atoms with Crippen molar-refractivity contribution in [3.05, 3.63) is 94.0 Å². The van der Waals surface area contributed by atoms with Crippen molar-refractivity contribution in [3.63, 3.8) is 0 Å². The number of anilines is 1.